The number of carbonyl (C=O) groups excluding carboxylic acids is 2. The predicted octanol–water partition coefficient (Wildman–Crippen LogP) is 0.606. The van der Waals surface area contributed by atoms with Crippen molar-refractivity contribution in [3.63, 3.8) is 0 Å². The zero-order valence-electron chi connectivity index (χ0n) is 5.34. The van der Waals surface area contributed by atoms with Crippen LogP contribution in [0.1, 0.15) is 13.8 Å². The van der Waals surface area contributed by atoms with Gasteiger partial charge in [-0.25, -0.2) is 0 Å². The van der Waals surface area contributed by atoms with Gasteiger partial charge in [-0.3, -0.25) is 9.59 Å². The van der Waals surface area contributed by atoms with Gasteiger partial charge in [-0.1, -0.05) is 0 Å². The highest BCUT2D eigenvalue weighted by Crippen LogP contribution is 1.94. The maximum absolute atomic E-state index is 10.4. The summed E-state index contributed by atoms with van der Waals surface area (Å²) in [5, 5.41) is 8.26. The molecule has 0 fully saturated rings. The fourth-order valence-corrected chi connectivity index (χ4v) is 0.430. The fourth-order valence-electron chi connectivity index (χ4n) is 0.430. The lowest BCUT2D eigenvalue weighted by Crippen LogP contribution is -2.05. The van der Waals surface area contributed by atoms with E-state index in [1.165, 1.54) is 13.8 Å². The Hall–Kier alpha value is -1.12. The van der Waals surface area contributed by atoms with Gasteiger partial charge in [0.25, 0.3) is 0 Å². The second kappa shape index (κ2) is 3.02. The van der Waals surface area contributed by atoms with Gasteiger partial charge in [0.15, 0.2) is 11.6 Å². The van der Waals surface area contributed by atoms with E-state index < -0.39 is 11.6 Å². The van der Waals surface area contributed by atoms with Crippen LogP contribution < -0.4 is 0 Å². The lowest BCUT2D eigenvalue weighted by Gasteiger charge is -1.91. The van der Waals surface area contributed by atoms with Crippen LogP contribution in [0.25, 0.3) is 0 Å². The summed E-state index contributed by atoms with van der Waals surface area (Å²) in [4.78, 5) is 20.7. The first kappa shape index (κ1) is 7.88. The molecule has 0 aliphatic rings. The highest BCUT2D eigenvalue weighted by atomic mass is 16.2. The molecule has 0 aliphatic heterocycles. The van der Waals surface area contributed by atoms with E-state index >= 15 is 0 Å². The number of hydrogen-bond acceptors (Lipinski definition) is 3. The van der Waals surface area contributed by atoms with Gasteiger partial charge in [-0.15, -0.1) is 0 Å². The summed E-state index contributed by atoms with van der Waals surface area (Å²) < 4.78 is 0. The molecule has 0 spiro atoms. The van der Waals surface area contributed by atoms with Crippen molar-refractivity contribution in [2.75, 3.05) is 0 Å². The number of hydrogen-bond donors (Lipinski definition) is 1. The summed E-state index contributed by atoms with van der Waals surface area (Å²) in [6.07, 6.45) is 0.532. The summed E-state index contributed by atoms with van der Waals surface area (Å²) >= 11 is 0. The van der Waals surface area contributed by atoms with Gasteiger partial charge in [-0.05, 0) is 13.8 Å². The molecule has 0 aliphatic carbocycles. The Morgan fingerprint density at radius 3 is 1.56 bits per heavy atom. The molecule has 0 aromatic rings. The van der Waals surface area contributed by atoms with Crippen LogP contribution in [0.5, 0.6) is 0 Å². The van der Waals surface area contributed by atoms with E-state index in [0.29, 0.717) is 6.26 Å². The Balaban J connectivity index is 4.38. The molecule has 0 aromatic heterocycles. The van der Waals surface area contributed by atoms with Crippen LogP contribution in [0.15, 0.2) is 11.8 Å². The van der Waals surface area contributed by atoms with Crippen LogP contribution >= 0.6 is 0 Å². The number of aliphatic hydroxyl groups is 1. The molecule has 0 bridgehead atoms. The van der Waals surface area contributed by atoms with Crippen molar-refractivity contribution in [2.24, 2.45) is 0 Å². The Morgan fingerprint density at radius 1 is 1.22 bits per heavy atom. The van der Waals surface area contributed by atoms with E-state index in [1.807, 2.05) is 0 Å². The monoisotopic (exact) mass is 128 g/mol. The third kappa shape index (κ3) is 2.08. The normalized spacial score (nSPS) is 8.22. The fraction of sp³-hybridized carbons (Fsp3) is 0.333. The summed E-state index contributed by atoms with van der Waals surface area (Å²) in [6.45, 7) is 2.45. The lowest BCUT2D eigenvalue weighted by atomic mass is 10.1. The minimum Gasteiger partial charge on any atom is -0.515 e. The second-order valence-electron chi connectivity index (χ2n) is 1.66. The molecule has 3 nitrogen and oxygen atoms in total. The van der Waals surface area contributed by atoms with E-state index in [0.717, 1.165) is 0 Å². The van der Waals surface area contributed by atoms with E-state index in [1.54, 1.807) is 0 Å². The first-order valence-electron chi connectivity index (χ1n) is 2.46. The van der Waals surface area contributed by atoms with Crippen molar-refractivity contribution in [3.8, 4) is 0 Å². The van der Waals surface area contributed by atoms with E-state index in [4.69, 9.17) is 5.11 Å². The van der Waals surface area contributed by atoms with Gasteiger partial charge in [0.1, 0.15) is 0 Å². The van der Waals surface area contributed by atoms with Gasteiger partial charge in [0.2, 0.25) is 0 Å². The van der Waals surface area contributed by atoms with Crippen LogP contribution in [0.2, 0.25) is 0 Å². The van der Waals surface area contributed by atoms with Gasteiger partial charge in [0, 0.05) is 0 Å². The summed E-state index contributed by atoms with van der Waals surface area (Å²) in [5.41, 5.74) is -0.157. The number of aliphatic hydroxyl groups excluding tert-OH is 1. The maximum Gasteiger partial charge on any atom is 0.166 e. The third-order valence-electron chi connectivity index (χ3n) is 0.888. The molecule has 50 valence electrons. The van der Waals surface area contributed by atoms with Gasteiger partial charge < -0.3 is 5.11 Å². The molecule has 3 heteroatoms. The van der Waals surface area contributed by atoms with Crippen LogP contribution in [0.4, 0.5) is 0 Å². The highest BCUT2D eigenvalue weighted by molar-refractivity contribution is 6.18. The molecule has 1 N–H and O–H groups in total. The van der Waals surface area contributed by atoms with Crippen molar-refractivity contribution in [1.29, 1.82) is 0 Å². The molecule has 0 radical (unpaired) electrons. The minimum absolute atomic E-state index is 0.157. The van der Waals surface area contributed by atoms with Crippen molar-refractivity contribution in [2.45, 2.75) is 13.8 Å². The Labute approximate surface area is 53.0 Å². The number of rotatable bonds is 2. The zero-order chi connectivity index (χ0) is 7.44. The van der Waals surface area contributed by atoms with Crippen molar-refractivity contribution < 1.29 is 14.7 Å². The SMILES string of the molecule is CC(=O)C(=CO)C(C)=O. The third-order valence-corrected chi connectivity index (χ3v) is 0.888. The Morgan fingerprint density at radius 2 is 1.56 bits per heavy atom. The summed E-state index contributed by atoms with van der Waals surface area (Å²) in [6, 6.07) is 0. The quantitative estimate of drug-likeness (QED) is 0.256. The molecule has 0 unspecified atom stereocenters. The van der Waals surface area contributed by atoms with Crippen LogP contribution in [-0.4, -0.2) is 16.7 Å². The standard InChI is InChI=1S/C6H8O3/c1-4(8)6(3-7)5(2)9/h3,7H,1-2H3. The predicted molar refractivity (Wildman–Crippen MR) is 32.1 cm³/mol. The molecule has 0 atom stereocenters. The van der Waals surface area contributed by atoms with Crippen molar-refractivity contribution in [3.05, 3.63) is 11.8 Å². The number of allylic oxidation sites excluding steroid dienone is 1. The lowest BCUT2D eigenvalue weighted by molar-refractivity contribution is -0.119. The summed E-state index contributed by atoms with van der Waals surface area (Å²) in [5.74, 6) is -0.824. The molecule has 0 rings (SSSR count). The maximum atomic E-state index is 10.4. The van der Waals surface area contributed by atoms with Gasteiger partial charge in [0.05, 0.1) is 11.8 Å². The van der Waals surface area contributed by atoms with Crippen molar-refractivity contribution >= 4 is 11.6 Å². The largest absolute Gasteiger partial charge is 0.515 e. The molecule has 0 amide bonds. The van der Waals surface area contributed by atoms with Crippen LogP contribution in [0.3, 0.4) is 0 Å². The topological polar surface area (TPSA) is 54.4 Å². The highest BCUT2D eigenvalue weighted by Gasteiger charge is 2.07. The average Bonchev–Trinajstić information content (AvgIpc) is 1.64. The number of Topliss-reactive ketones (excluding diaryl/α,β-unsaturated/α-hetero) is 2. The Kier molecular flexibility index (Phi) is 2.64. The molecular formula is C6H8O3. The van der Waals surface area contributed by atoms with Crippen LogP contribution in [-0.2, 0) is 9.59 Å². The first-order chi connectivity index (χ1) is 4.09. The molecule has 0 heterocycles. The number of ketones is 2. The molecular weight excluding hydrogens is 120 g/mol. The van der Waals surface area contributed by atoms with Gasteiger partial charge >= 0.3 is 0 Å². The smallest absolute Gasteiger partial charge is 0.166 e. The first-order valence-corrected chi connectivity index (χ1v) is 2.46. The second-order valence-corrected chi connectivity index (χ2v) is 1.66. The zero-order valence-corrected chi connectivity index (χ0v) is 5.34. The number of carbonyl (C=O) groups is 2. The van der Waals surface area contributed by atoms with Gasteiger partial charge in [-0.2, -0.15) is 0 Å². The molecule has 9 heavy (non-hydrogen) atoms. The van der Waals surface area contributed by atoms with E-state index in [2.05, 4.69) is 0 Å². The van der Waals surface area contributed by atoms with E-state index in [-0.39, 0.29) is 5.57 Å². The van der Waals surface area contributed by atoms with Crippen molar-refractivity contribution in [1.82, 2.24) is 0 Å². The Bertz CT molecular complexity index is 151. The molecule has 0 aromatic carbocycles. The minimum atomic E-state index is -0.412. The van der Waals surface area contributed by atoms with Crippen LogP contribution in [0, 0.1) is 0 Å². The average molecular weight is 128 g/mol. The van der Waals surface area contributed by atoms with E-state index in [9.17, 15) is 9.59 Å². The molecule has 0 saturated heterocycles. The molecule has 0 saturated carbocycles. The summed E-state index contributed by atoms with van der Waals surface area (Å²) in [7, 11) is 0.